The Bertz CT molecular complexity index is 959. The van der Waals surface area contributed by atoms with E-state index in [9.17, 15) is 4.79 Å². The number of aryl methyl sites for hydroxylation is 2. The van der Waals surface area contributed by atoms with Crippen LogP contribution in [0.2, 0.25) is 0 Å². The summed E-state index contributed by atoms with van der Waals surface area (Å²) in [6.45, 7) is 3.12. The molecule has 3 N–H and O–H groups in total. The van der Waals surface area contributed by atoms with E-state index in [0.29, 0.717) is 6.04 Å². The molecule has 166 valence electrons. The average Bonchev–Trinajstić information content (AvgIpc) is 3.29. The van der Waals surface area contributed by atoms with E-state index < -0.39 is 5.41 Å². The van der Waals surface area contributed by atoms with Crippen molar-refractivity contribution in [3.63, 3.8) is 0 Å². The first-order valence-electron chi connectivity index (χ1n) is 11.8. The van der Waals surface area contributed by atoms with E-state index in [-0.39, 0.29) is 11.8 Å². The van der Waals surface area contributed by atoms with Gasteiger partial charge in [-0.25, -0.2) is 0 Å². The van der Waals surface area contributed by atoms with Crippen molar-refractivity contribution in [2.45, 2.75) is 50.5 Å². The van der Waals surface area contributed by atoms with E-state index in [4.69, 9.17) is 5.73 Å². The number of carbonyl (C=O) groups is 1. The zero-order valence-electron chi connectivity index (χ0n) is 19.0. The number of rotatable bonds is 9. The van der Waals surface area contributed by atoms with Crippen molar-refractivity contribution < 1.29 is 4.79 Å². The second-order valence-electron chi connectivity index (χ2n) is 9.15. The lowest BCUT2D eigenvalue weighted by molar-refractivity contribution is -0.123. The smallest absolute Gasteiger partial charge is 0.232 e. The lowest BCUT2D eigenvalue weighted by atomic mass is 9.64. The highest BCUT2D eigenvalue weighted by atomic mass is 16.1. The van der Waals surface area contributed by atoms with Crippen LogP contribution < -0.4 is 11.1 Å². The zero-order valence-corrected chi connectivity index (χ0v) is 19.0. The molecule has 1 saturated carbocycles. The van der Waals surface area contributed by atoms with Gasteiger partial charge >= 0.3 is 0 Å². The molecule has 0 aromatic heterocycles. The fourth-order valence-electron chi connectivity index (χ4n) is 5.44. The molecule has 0 spiro atoms. The van der Waals surface area contributed by atoms with Crippen LogP contribution in [0.25, 0.3) is 0 Å². The summed E-state index contributed by atoms with van der Waals surface area (Å²) >= 11 is 0. The quantitative estimate of drug-likeness (QED) is 0.465. The minimum atomic E-state index is -0.791. The molecule has 1 amide bonds. The Kier molecular flexibility index (Phi) is 7.06. The molecule has 2 atom stereocenters. The molecule has 2 unspecified atom stereocenters. The number of nitrogens with one attached hydrogen (secondary N) is 1. The lowest BCUT2D eigenvalue weighted by Gasteiger charge is -2.37. The molecule has 1 aliphatic carbocycles. The van der Waals surface area contributed by atoms with Crippen LogP contribution in [0.5, 0.6) is 0 Å². The fraction of sp³-hybridized carbons (Fsp3) is 0.345. The van der Waals surface area contributed by atoms with Crippen LogP contribution in [0.3, 0.4) is 0 Å². The van der Waals surface area contributed by atoms with Gasteiger partial charge in [0.2, 0.25) is 5.91 Å². The van der Waals surface area contributed by atoms with Crippen molar-refractivity contribution in [3.8, 4) is 0 Å². The highest BCUT2D eigenvalue weighted by Crippen LogP contribution is 2.46. The second kappa shape index (κ2) is 10.1. The Morgan fingerprint density at radius 2 is 1.50 bits per heavy atom. The molecule has 0 aliphatic heterocycles. The maximum absolute atomic E-state index is 13.2. The summed E-state index contributed by atoms with van der Waals surface area (Å²) in [5.41, 5.74) is 10.1. The fourth-order valence-corrected chi connectivity index (χ4v) is 5.44. The molecule has 3 aromatic carbocycles. The predicted molar refractivity (Wildman–Crippen MR) is 131 cm³/mol. The Hall–Kier alpha value is -2.91. The van der Waals surface area contributed by atoms with Gasteiger partial charge in [0.15, 0.2) is 0 Å². The molecule has 0 radical (unpaired) electrons. The van der Waals surface area contributed by atoms with Gasteiger partial charge in [0.25, 0.3) is 0 Å². The normalized spacial score (nSPS) is 18.5. The molecule has 4 rings (SSSR count). The van der Waals surface area contributed by atoms with Crippen LogP contribution in [0, 0.1) is 12.8 Å². The highest BCUT2D eigenvalue weighted by Gasteiger charge is 2.49. The molecule has 1 fully saturated rings. The van der Waals surface area contributed by atoms with Crippen LogP contribution in [0.15, 0.2) is 84.9 Å². The first-order chi connectivity index (χ1) is 15.6. The molecule has 0 heterocycles. The van der Waals surface area contributed by atoms with Gasteiger partial charge in [0.1, 0.15) is 5.41 Å². The van der Waals surface area contributed by atoms with Crippen molar-refractivity contribution >= 4 is 5.91 Å². The number of carbonyl (C=O) groups excluding carboxylic acids is 1. The monoisotopic (exact) mass is 426 g/mol. The van der Waals surface area contributed by atoms with Gasteiger partial charge in [-0.2, -0.15) is 0 Å². The summed E-state index contributed by atoms with van der Waals surface area (Å²) in [4.78, 5) is 13.2. The summed E-state index contributed by atoms with van der Waals surface area (Å²) in [5, 5.41) is 3.76. The van der Waals surface area contributed by atoms with Crippen LogP contribution >= 0.6 is 0 Å². The van der Waals surface area contributed by atoms with Crippen LogP contribution in [-0.2, 0) is 16.6 Å². The molecule has 3 nitrogen and oxygen atoms in total. The highest BCUT2D eigenvalue weighted by molar-refractivity contribution is 5.91. The zero-order chi connectivity index (χ0) is 22.4. The summed E-state index contributed by atoms with van der Waals surface area (Å²) in [6, 6.07) is 29.5. The molecule has 1 aliphatic rings. The minimum Gasteiger partial charge on any atom is -0.369 e. The molecule has 3 aromatic rings. The van der Waals surface area contributed by atoms with Crippen molar-refractivity contribution in [1.29, 1.82) is 0 Å². The number of amides is 1. The van der Waals surface area contributed by atoms with Gasteiger partial charge in [0.05, 0.1) is 0 Å². The Labute approximate surface area is 192 Å². The maximum Gasteiger partial charge on any atom is 0.232 e. The summed E-state index contributed by atoms with van der Waals surface area (Å²) in [5.74, 6) is -0.0701. The van der Waals surface area contributed by atoms with Gasteiger partial charge in [-0.1, -0.05) is 90.5 Å². The Morgan fingerprint density at radius 3 is 2.06 bits per heavy atom. The molecule has 0 saturated heterocycles. The average molecular weight is 427 g/mol. The molecular formula is C29H34N2O. The minimum absolute atomic E-state index is 0.180. The number of nitrogens with two attached hydrogens (primary N) is 1. The molecule has 3 heteroatoms. The topological polar surface area (TPSA) is 55.1 Å². The number of benzene rings is 3. The molecule has 0 bridgehead atoms. The van der Waals surface area contributed by atoms with Crippen molar-refractivity contribution in [1.82, 2.24) is 5.32 Å². The second-order valence-corrected chi connectivity index (χ2v) is 9.15. The third-order valence-electron chi connectivity index (χ3n) is 7.09. The van der Waals surface area contributed by atoms with E-state index in [2.05, 4.69) is 60.8 Å². The van der Waals surface area contributed by atoms with Gasteiger partial charge in [-0.3, -0.25) is 4.79 Å². The van der Waals surface area contributed by atoms with Crippen molar-refractivity contribution in [2.75, 3.05) is 6.54 Å². The number of hydrogen-bond donors (Lipinski definition) is 2. The van der Waals surface area contributed by atoms with Crippen LogP contribution in [-0.4, -0.2) is 18.5 Å². The van der Waals surface area contributed by atoms with Gasteiger partial charge < -0.3 is 11.1 Å². The lowest BCUT2D eigenvalue weighted by Crippen LogP contribution is -2.48. The SMILES string of the molecule is Cc1ccc(CCCNC2CCC(C(C(N)=O)(c3ccccc3)c3ccccc3)C2)cc1. The third-order valence-corrected chi connectivity index (χ3v) is 7.09. The third kappa shape index (κ3) is 4.63. The Balaban J connectivity index is 1.46. The van der Waals surface area contributed by atoms with Crippen LogP contribution in [0.4, 0.5) is 0 Å². The van der Waals surface area contributed by atoms with Gasteiger partial charge in [-0.05, 0) is 68.2 Å². The van der Waals surface area contributed by atoms with E-state index in [1.165, 1.54) is 11.1 Å². The first kappa shape index (κ1) is 22.3. The van der Waals surface area contributed by atoms with Gasteiger partial charge in [0, 0.05) is 6.04 Å². The number of hydrogen-bond acceptors (Lipinski definition) is 2. The summed E-state index contributed by atoms with van der Waals surface area (Å²) < 4.78 is 0. The van der Waals surface area contributed by atoms with E-state index in [1.807, 2.05) is 36.4 Å². The number of primary amides is 1. The van der Waals surface area contributed by atoms with E-state index >= 15 is 0 Å². The summed E-state index contributed by atoms with van der Waals surface area (Å²) in [7, 11) is 0. The Morgan fingerprint density at radius 1 is 0.906 bits per heavy atom. The molecule has 32 heavy (non-hydrogen) atoms. The molecular weight excluding hydrogens is 392 g/mol. The van der Waals surface area contributed by atoms with Gasteiger partial charge in [-0.15, -0.1) is 0 Å². The van der Waals surface area contributed by atoms with Crippen LogP contribution in [0.1, 0.15) is 47.9 Å². The van der Waals surface area contributed by atoms with E-state index in [0.717, 1.165) is 49.8 Å². The summed E-state index contributed by atoms with van der Waals surface area (Å²) in [6.07, 6.45) is 5.22. The maximum atomic E-state index is 13.2. The largest absolute Gasteiger partial charge is 0.369 e. The first-order valence-corrected chi connectivity index (χ1v) is 11.8. The standard InChI is InChI=1S/C29H34N2O/c1-22-14-16-23(17-15-22)9-8-20-31-27-19-18-26(21-27)29(28(30)32,24-10-4-2-5-11-24)25-12-6-3-7-13-25/h2-7,10-17,26-27,31H,8-9,18-21H2,1H3,(H2,30,32). The van der Waals surface area contributed by atoms with Crippen molar-refractivity contribution in [3.05, 3.63) is 107 Å². The predicted octanol–water partition coefficient (Wildman–Crippen LogP) is 5.16. The van der Waals surface area contributed by atoms with E-state index in [1.54, 1.807) is 0 Å². The van der Waals surface area contributed by atoms with Crippen molar-refractivity contribution in [2.24, 2.45) is 11.7 Å².